The Morgan fingerprint density at radius 2 is 1.40 bits per heavy atom. The van der Waals surface area contributed by atoms with E-state index in [1.54, 1.807) is 11.3 Å². The van der Waals surface area contributed by atoms with Gasteiger partial charge in [-0.15, -0.1) is 58.4 Å². The first-order valence-electron chi connectivity index (χ1n) is 19.5. The standard InChI is InChI=1S/C43H56N2S8/c1-6-9-11-13-15-16-18-20-22-35(52-43(5,47)48-8-3)32-23-24-33(41-40(32)44-53-45-41)39-29-31(21-19-17-14-12-10-7-2)42(51-39)38-28-27-37(50-38)36-26-25-34(49-36)30(4)46/h22-29,46-47H,4,6-21H2,1-3,5H3/b35-22-. The molecule has 1 atom stereocenters. The first-order valence-corrected chi connectivity index (χ1v) is 25.3. The number of nitrogens with zero attached hydrogens (tertiary/aromatic N) is 2. The van der Waals surface area contributed by atoms with Gasteiger partial charge in [-0.25, -0.2) is 0 Å². The summed E-state index contributed by atoms with van der Waals surface area (Å²) in [7, 11) is 0. The van der Waals surface area contributed by atoms with Crippen LogP contribution in [0.3, 0.4) is 0 Å². The number of rotatable bonds is 24. The van der Waals surface area contributed by atoms with Gasteiger partial charge in [-0.3, -0.25) is 0 Å². The predicted molar refractivity (Wildman–Crippen MR) is 256 cm³/mol. The van der Waals surface area contributed by atoms with Gasteiger partial charge in [0.25, 0.3) is 0 Å². The number of allylic oxidation sites excluding steroid dienone is 1. The maximum Gasteiger partial charge on any atom is 0.114 e. The van der Waals surface area contributed by atoms with E-state index in [0.717, 1.165) is 39.4 Å². The van der Waals surface area contributed by atoms with Crippen molar-refractivity contribution < 1.29 is 0 Å². The smallest absolute Gasteiger partial charge is 0.114 e. The van der Waals surface area contributed by atoms with E-state index in [4.69, 9.17) is 21.4 Å². The molecule has 0 radical (unpaired) electrons. The first-order chi connectivity index (χ1) is 25.7. The van der Waals surface area contributed by atoms with Crippen LogP contribution in [0, 0.1) is 0 Å². The highest BCUT2D eigenvalue weighted by Gasteiger charge is 2.25. The molecule has 0 bridgehead atoms. The Labute approximate surface area is 355 Å². The maximum absolute atomic E-state index is 5.11. The summed E-state index contributed by atoms with van der Waals surface area (Å²) in [5.74, 6) is 1.03. The molecule has 10 heteroatoms. The third-order valence-corrected chi connectivity index (χ3v) is 17.2. The van der Waals surface area contributed by atoms with Crippen molar-refractivity contribution in [3.8, 4) is 29.9 Å². The zero-order chi connectivity index (χ0) is 37.6. The fraction of sp³-hybridized carbons (Fsp3) is 0.488. The summed E-state index contributed by atoms with van der Waals surface area (Å²) in [5, 5.41) is 0. The third kappa shape index (κ3) is 12.5. The summed E-state index contributed by atoms with van der Waals surface area (Å²) in [5.41, 5.74) is 5.87. The summed E-state index contributed by atoms with van der Waals surface area (Å²) in [6.45, 7) is 13.0. The van der Waals surface area contributed by atoms with E-state index >= 15 is 0 Å². The number of aromatic nitrogens is 2. The van der Waals surface area contributed by atoms with Gasteiger partial charge in [0.05, 0.1) is 11.7 Å². The van der Waals surface area contributed by atoms with Crippen molar-refractivity contribution in [1.82, 2.24) is 8.75 Å². The largest absolute Gasteiger partial charge is 0.172 e. The number of hydrogen-bond donors (Lipinski definition) is 2. The second kappa shape index (κ2) is 22.1. The van der Waals surface area contributed by atoms with Gasteiger partial charge in [0, 0.05) is 50.2 Å². The molecule has 0 N–H and O–H groups in total. The molecule has 53 heavy (non-hydrogen) atoms. The third-order valence-electron chi connectivity index (χ3n) is 9.37. The molecule has 5 aromatic rings. The second-order valence-electron chi connectivity index (χ2n) is 13.8. The normalized spacial score (nSPS) is 13.3. The van der Waals surface area contributed by atoms with E-state index in [9.17, 15) is 0 Å². The Morgan fingerprint density at radius 1 is 0.755 bits per heavy atom. The van der Waals surface area contributed by atoms with Gasteiger partial charge in [0.2, 0.25) is 0 Å². The van der Waals surface area contributed by atoms with Crippen LogP contribution in [0.4, 0.5) is 0 Å². The van der Waals surface area contributed by atoms with Crippen molar-refractivity contribution in [2.24, 2.45) is 0 Å². The lowest BCUT2D eigenvalue weighted by Gasteiger charge is -2.24. The van der Waals surface area contributed by atoms with Crippen LogP contribution in [0.1, 0.15) is 134 Å². The van der Waals surface area contributed by atoms with Crippen molar-refractivity contribution >= 4 is 115 Å². The Kier molecular flexibility index (Phi) is 18.0. The molecule has 0 aliphatic rings. The summed E-state index contributed by atoms with van der Waals surface area (Å²) < 4.78 is 9.68. The molecule has 4 heterocycles. The lowest BCUT2D eigenvalue weighted by Crippen LogP contribution is -2.05. The Balaban J connectivity index is 1.45. The number of thiophene rings is 3. The highest BCUT2D eigenvalue weighted by Crippen LogP contribution is 2.50. The van der Waals surface area contributed by atoms with E-state index < -0.39 is 0 Å². The zero-order valence-electron chi connectivity index (χ0n) is 31.9. The van der Waals surface area contributed by atoms with E-state index in [2.05, 4.69) is 95.4 Å². The highest BCUT2D eigenvalue weighted by molar-refractivity contribution is 8.32. The molecular formula is C43H56N2S8. The summed E-state index contributed by atoms with van der Waals surface area (Å²) in [4.78, 5) is 9.82. The molecule has 0 aliphatic heterocycles. The number of thioether (sulfide) groups is 2. The quantitative estimate of drug-likeness (QED) is 0.0367. The zero-order valence-corrected chi connectivity index (χ0v) is 38.6. The number of aryl methyl sites for hydroxylation is 1. The molecular weight excluding hydrogens is 801 g/mol. The van der Waals surface area contributed by atoms with Crippen LogP contribution < -0.4 is 0 Å². The van der Waals surface area contributed by atoms with Gasteiger partial charge in [-0.05, 0) is 74.3 Å². The molecule has 4 aromatic heterocycles. The van der Waals surface area contributed by atoms with E-state index in [1.807, 2.05) is 46.2 Å². The average molecular weight is 857 g/mol. The van der Waals surface area contributed by atoms with Gasteiger partial charge >= 0.3 is 0 Å². The van der Waals surface area contributed by atoms with Crippen molar-refractivity contribution in [2.45, 2.75) is 127 Å². The van der Waals surface area contributed by atoms with Crippen LogP contribution >= 0.6 is 94.5 Å². The number of unbranched alkanes of at least 4 members (excludes halogenated alkanes) is 12. The van der Waals surface area contributed by atoms with E-state index in [1.165, 1.54) is 141 Å². The minimum Gasteiger partial charge on any atom is -0.172 e. The van der Waals surface area contributed by atoms with Crippen molar-refractivity contribution in [2.75, 3.05) is 5.75 Å². The first kappa shape index (κ1) is 43.1. The lowest BCUT2D eigenvalue weighted by atomic mass is 10.0. The van der Waals surface area contributed by atoms with Crippen LogP contribution in [0.2, 0.25) is 0 Å². The SMILES string of the molecule is C=C(S)c1ccc(-c2ccc(-c3sc(-c4ccc(/C(=C/CCCCCCCCC)SC(C)(S)SCC)c5nsnc45)cc3CCCCCCCC)s2)s1. The molecule has 5 rings (SSSR count). The van der Waals surface area contributed by atoms with Gasteiger partial charge in [-0.1, -0.05) is 128 Å². The number of thiol groups is 2. The van der Waals surface area contributed by atoms with E-state index in [0.29, 0.717) is 0 Å². The number of fused-ring (bicyclic) bond motifs is 1. The fourth-order valence-corrected chi connectivity index (χ4v) is 13.7. The van der Waals surface area contributed by atoms with Gasteiger partial charge in [0.1, 0.15) is 14.4 Å². The van der Waals surface area contributed by atoms with Gasteiger partial charge in [0.15, 0.2) is 0 Å². The average Bonchev–Trinajstić information content (AvgIpc) is 3.96. The minimum atomic E-state index is -0.228. The molecule has 0 amide bonds. The molecule has 0 saturated heterocycles. The Bertz CT molecular complexity index is 1910. The monoisotopic (exact) mass is 856 g/mol. The summed E-state index contributed by atoms with van der Waals surface area (Å²) >= 11 is 20.3. The number of benzene rings is 1. The molecule has 0 fully saturated rings. The molecule has 1 aromatic carbocycles. The van der Waals surface area contributed by atoms with Crippen molar-refractivity contribution in [1.29, 1.82) is 0 Å². The predicted octanol–water partition coefficient (Wildman–Crippen LogP) is 17.3. The number of hydrogen-bond acceptors (Lipinski definition) is 10. The van der Waals surface area contributed by atoms with Crippen LogP contribution in [0.15, 0.2) is 55.1 Å². The summed E-state index contributed by atoms with van der Waals surface area (Å²) in [6.07, 6.45) is 21.6. The molecule has 0 saturated carbocycles. The van der Waals surface area contributed by atoms with E-state index in [-0.39, 0.29) is 3.41 Å². The van der Waals surface area contributed by atoms with Crippen LogP contribution in [-0.2, 0) is 6.42 Å². The van der Waals surface area contributed by atoms with Gasteiger partial charge in [-0.2, -0.15) is 21.4 Å². The molecule has 286 valence electrons. The Morgan fingerprint density at radius 3 is 2.09 bits per heavy atom. The molecule has 0 aliphatic carbocycles. The Hall–Kier alpha value is -0.980. The second-order valence-corrected chi connectivity index (χ2v) is 23.0. The highest BCUT2D eigenvalue weighted by atomic mass is 32.3. The fourth-order valence-electron chi connectivity index (χ4n) is 6.58. The van der Waals surface area contributed by atoms with Crippen LogP contribution in [-0.4, -0.2) is 17.9 Å². The molecule has 0 spiro atoms. The maximum atomic E-state index is 5.11. The van der Waals surface area contributed by atoms with Crippen molar-refractivity contribution in [3.63, 3.8) is 0 Å². The minimum absolute atomic E-state index is 0.228. The van der Waals surface area contributed by atoms with Crippen molar-refractivity contribution in [3.05, 3.63) is 71.1 Å². The lowest BCUT2D eigenvalue weighted by molar-refractivity contribution is 0.592. The topological polar surface area (TPSA) is 25.8 Å². The van der Waals surface area contributed by atoms with Crippen LogP contribution in [0.5, 0.6) is 0 Å². The summed E-state index contributed by atoms with van der Waals surface area (Å²) in [6, 6.07) is 16.0. The molecule has 1 unspecified atom stereocenters. The van der Waals surface area contributed by atoms with Gasteiger partial charge < -0.3 is 0 Å². The molecule has 2 nitrogen and oxygen atoms in total. The van der Waals surface area contributed by atoms with Crippen LogP contribution in [0.25, 0.3) is 50.8 Å².